The van der Waals surface area contributed by atoms with Crippen LogP contribution in [0.4, 0.5) is 13.2 Å². The number of hydrogen-bond acceptors (Lipinski definition) is 4. The zero-order valence-electron chi connectivity index (χ0n) is 9.24. The van der Waals surface area contributed by atoms with E-state index in [4.69, 9.17) is 10.8 Å². The number of hydrogen-bond donors (Lipinski definition) is 3. The van der Waals surface area contributed by atoms with E-state index in [0.29, 0.717) is 0 Å². The van der Waals surface area contributed by atoms with Crippen molar-refractivity contribution >= 4 is 21.9 Å². The highest BCUT2D eigenvalue weighted by Gasteiger charge is 2.33. The summed E-state index contributed by atoms with van der Waals surface area (Å²) in [6.45, 7) is 0. The molecule has 0 aliphatic carbocycles. The molecule has 0 radical (unpaired) electrons. The van der Waals surface area contributed by atoms with Crippen molar-refractivity contribution in [3.8, 4) is 11.5 Å². The summed E-state index contributed by atoms with van der Waals surface area (Å²) in [5, 5.41) is 18.2. The lowest BCUT2D eigenvalue weighted by Crippen LogP contribution is -2.19. The molecule has 0 aliphatic heterocycles. The van der Waals surface area contributed by atoms with E-state index in [1.807, 2.05) is 0 Å². The number of halogens is 4. The van der Waals surface area contributed by atoms with Crippen molar-refractivity contribution in [1.82, 2.24) is 0 Å². The maximum atomic E-state index is 12.1. The zero-order valence-corrected chi connectivity index (χ0v) is 10.8. The molecule has 19 heavy (non-hydrogen) atoms. The number of carboxylic acid groups (broad SMARTS) is 1. The van der Waals surface area contributed by atoms with Gasteiger partial charge in [0.15, 0.2) is 11.5 Å². The van der Waals surface area contributed by atoms with Crippen LogP contribution in [-0.2, 0) is 4.79 Å². The number of rotatable bonds is 4. The first-order chi connectivity index (χ1) is 8.60. The lowest BCUT2D eigenvalue weighted by molar-refractivity contribution is -0.275. The van der Waals surface area contributed by atoms with Gasteiger partial charge in [-0.25, -0.2) is 0 Å². The van der Waals surface area contributed by atoms with Gasteiger partial charge in [-0.05, 0) is 12.1 Å². The molecule has 0 saturated carbocycles. The van der Waals surface area contributed by atoms with Crippen LogP contribution in [0.15, 0.2) is 16.6 Å². The Bertz CT molecular complexity index is 492. The summed E-state index contributed by atoms with van der Waals surface area (Å²) < 4.78 is 40.2. The van der Waals surface area contributed by atoms with Crippen LogP contribution in [0.1, 0.15) is 18.0 Å². The molecular formula is C10H9BrF3NO4. The Kier molecular flexibility index (Phi) is 4.64. The van der Waals surface area contributed by atoms with Crippen LogP contribution in [0, 0.1) is 0 Å². The van der Waals surface area contributed by atoms with Crippen molar-refractivity contribution in [2.45, 2.75) is 18.8 Å². The number of alkyl halides is 3. The maximum Gasteiger partial charge on any atom is 0.573 e. The lowest BCUT2D eigenvalue weighted by Gasteiger charge is -2.16. The highest BCUT2D eigenvalue weighted by atomic mass is 79.9. The third-order valence-corrected chi connectivity index (χ3v) is 2.55. The van der Waals surface area contributed by atoms with Crippen molar-refractivity contribution in [2.75, 3.05) is 0 Å². The van der Waals surface area contributed by atoms with Crippen molar-refractivity contribution in [1.29, 1.82) is 0 Å². The van der Waals surface area contributed by atoms with E-state index in [-0.39, 0.29) is 10.0 Å². The topological polar surface area (TPSA) is 92.8 Å². The average molecular weight is 344 g/mol. The molecule has 0 fully saturated rings. The summed E-state index contributed by atoms with van der Waals surface area (Å²) in [6, 6.07) is 0.969. The Labute approximate surface area is 113 Å². The van der Waals surface area contributed by atoms with Crippen LogP contribution in [0.5, 0.6) is 11.5 Å². The molecule has 1 atom stereocenters. The van der Waals surface area contributed by atoms with Crippen LogP contribution in [0.3, 0.4) is 0 Å². The minimum atomic E-state index is -4.98. The van der Waals surface area contributed by atoms with Crippen LogP contribution in [-0.4, -0.2) is 22.5 Å². The number of carboxylic acids is 1. The predicted octanol–water partition coefficient (Wildman–Crippen LogP) is 2.53. The third kappa shape index (κ3) is 4.60. The van der Waals surface area contributed by atoms with Gasteiger partial charge in [0.05, 0.1) is 6.42 Å². The molecule has 1 unspecified atom stereocenters. The summed E-state index contributed by atoms with van der Waals surface area (Å²) in [6.07, 6.45) is -5.53. The summed E-state index contributed by atoms with van der Waals surface area (Å²) in [5.41, 5.74) is 5.34. The summed E-state index contributed by atoms with van der Waals surface area (Å²) in [7, 11) is 0. The maximum absolute atomic E-state index is 12.1. The molecular weight excluding hydrogens is 335 g/mol. The number of benzene rings is 1. The number of phenols is 1. The fraction of sp³-hybridized carbons (Fsp3) is 0.300. The summed E-state index contributed by atoms with van der Waals surface area (Å²) >= 11 is 2.93. The molecule has 1 aromatic carbocycles. The SMILES string of the molecule is NC(CC(=O)O)c1cc(Br)cc(OC(F)(F)F)c1O. The second-order valence-electron chi connectivity index (χ2n) is 3.59. The molecule has 1 aromatic rings. The zero-order chi connectivity index (χ0) is 14.8. The minimum absolute atomic E-state index is 0.156. The highest BCUT2D eigenvalue weighted by molar-refractivity contribution is 9.10. The largest absolute Gasteiger partial charge is 0.573 e. The quantitative estimate of drug-likeness (QED) is 0.781. The van der Waals surface area contributed by atoms with Crippen molar-refractivity contribution in [3.05, 3.63) is 22.2 Å². The van der Waals surface area contributed by atoms with Crippen molar-refractivity contribution < 1.29 is 32.9 Å². The molecule has 9 heteroatoms. The number of phenolic OH excluding ortho intramolecular Hbond substituents is 1. The molecule has 5 nitrogen and oxygen atoms in total. The van der Waals surface area contributed by atoms with Crippen LogP contribution >= 0.6 is 15.9 Å². The van der Waals surface area contributed by atoms with Gasteiger partial charge in [0, 0.05) is 16.1 Å². The second-order valence-corrected chi connectivity index (χ2v) is 4.51. The Morgan fingerprint density at radius 2 is 2.05 bits per heavy atom. The van der Waals surface area contributed by atoms with E-state index >= 15 is 0 Å². The first-order valence-electron chi connectivity index (χ1n) is 4.85. The molecule has 0 aliphatic rings. The minimum Gasteiger partial charge on any atom is -0.504 e. The van der Waals surface area contributed by atoms with Gasteiger partial charge in [0.25, 0.3) is 0 Å². The van der Waals surface area contributed by atoms with Gasteiger partial charge < -0.3 is 20.7 Å². The van der Waals surface area contributed by atoms with Gasteiger partial charge in [-0.2, -0.15) is 0 Å². The molecule has 0 spiro atoms. The van der Waals surface area contributed by atoms with Gasteiger partial charge in [0.2, 0.25) is 0 Å². The number of aromatic hydroxyl groups is 1. The van der Waals surface area contributed by atoms with Gasteiger partial charge >= 0.3 is 12.3 Å². The fourth-order valence-electron chi connectivity index (χ4n) is 1.38. The number of aliphatic carboxylic acids is 1. The average Bonchev–Trinajstić information content (AvgIpc) is 2.19. The fourth-order valence-corrected chi connectivity index (χ4v) is 1.83. The Morgan fingerprint density at radius 1 is 1.47 bits per heavy atom. The van der Waals surface area contributed by atoms with E-state index in [0.717, 1.165) is 6.07 Å². The van der Waals surface area contributed by atoms with E-state index in [9.17, 15) is 23.1 Å². The molecule has 0 bridgehead atoms. The van der Waals surface area contributed by atoms with Crippen molar-refractivity contribution in [3.63, 3.8) is 0 Å². The Morgan fingerprint density at radius 3 is 2.53 bits per heavy atom. The van der Waals surface area contributed by atoms with E-state index in [2.05, 4.69) is 20.7 Å². The Balaban J connectivity index is 3.16. The molecule has 106 valence electrons. The van der Waals surface area contributed by atoms with Crippen LogP contribution in [0.25, 0.3) is 0 Å². The molecule has 0 aromatic heterocycles. The third-order valence-electron chi connectivity index (χ3n) is 2.09. The van der Waals surface area contributed by atoms with Gasteiger partial charge in [-0.1, -0.05) is 15.9 Å². The number of carbonyl (C=O) groups is 1. The monoisotopic (exact) mass is 343 g/mol. The lowest BCUT2D eigenvalue weighted by atomic mass is 10.0. The second kappa shape index (κ2) is 5.66. The summed E-state index contributed by atoms with van der Waals surface area (Å²) in [4.78, 5) is 10.5. The van der Waals surface area contributed by atoms with Gasteiger partial charge in [-0.3, -0.25) is 4.79 Å². The smallest absolute Gasteiger partial charge is 0.504 e. The van der Waals surface area contributed by atoms with E-state index < -0.39 is 36.3 Å². The van der Waals surface area contributed by atoms with Gasteiger partial charge in [0.1, 0.15) is 0 Å². The number of nitrogens with two attached hydrogens (primary N) is 1. The normalized spacial score (nSPS) is 13.1. The predicted molar refractivity (Wildman–Crippen MR) is 61.7 cm³/mol. The first-order valence-corrected chi connectivity index (χ1v) is 5.65. The standard InChI is InChI=1S/C10H9BrF3NO4/c11-4-1-5(6(15)3-8(16)17)9(18)7(2-4)19-10(12,13)14/h1-2,6,18H,3,15H2,(H,16,17). The molecule has 4 N–H and O–H groups in total. The molecule has 0 amide bonds. The van der Waals surface area contributed by atoms with E-state index in [1.165, 1.54) is 6.07 Å². The van der Waals surface area contributed by atoms with Gasteiger partial charge in [-0.15, -0.1) is 13.2 Å². The van der Waals surface area contributed by atoms with Crippen LogP contribution < -0.4 is 10.5 Å². The molecule has 0 saturated heterocycles. The Hall–Kier alpha value is -1.48. The molecule has 1 rings (SSSR count). The highest BCUT2D eigenvalue weighted by Crippen LogP contribution is 2.39. The van der Waals surface area contributed by atoms with E-state index in [1.54, 1.807) is 0 Å². The van der Waals surface area contributed by atoms with Crippen molar-refractivity contribution in [2.24, 2.45) is 5.73 Å². The first kappa shape index (κ1) is 15.6. The van der Waals surface area contributed by atoms with Crippen LogP contribution in [0.2, 0.25) is 0 Å². The number of ether oxygens (including phenoxy) is 1. The molecule has 0 heterocycles. The summed E-state index contributed by atoms with van der Waals surface area (Å²) in [5.74, 6) is -2.93.